The molecule has 1 N–H and O–H groups in total. The summed E-state index contributed by atoms with van der Waals surface area (Å²) < 4.78 is 13.1. The summed E-state index contributed by atoms with van der Waals surface area (Å²) in [5.41, 5.74) is 1.25. The zero-order chi connectivity index (χ0) is 21.0. The van der Waals surface area contributed by atoms with Crippen molar-refractivity contribution in [1.82, 2.24) is 9.80 Å². The van der Waals surface area contributed by atoms with Crippen molar-refractivity contribution < 1.29 is 18.8 Å². The van der Waals surface area contributed by atoms with Crippen LogP contribution in [0, 0.1) is 5.82 Å². The van der Waals surface area contributed by atoms with Gasteiger partial charge in [0.2, 0.25) is 5.91 Å². The fraction of sp³-hybridized carbons (Fsp3) is 0.286. The lowest BCUT2D eigenvalue weighted by Crippen LogP contribution is -2.59. The van der Waals surface area contributed by atoms with Gasteiger partial charge < -0.3 is 15.1 Å². The smallest absolute Gasteiger partial charge is 0.312 e. The Labute approximate surface area is 173 Å². The maximum atomic E-state index is 13.1. The molecule has 1 aliphatic heterocycles. The van der Waals surface area contributed by atoms with Crippen LogP contribution in [0.3, 0.4) is 0 Å². The van der Waals surface area contributed by atoms with Crippen molar-refractivity contribution in [1.29, 1.82) is 0 Å². The monoisotopic (exact) mass is 417 g/mol. The van der Waals surface area contributed by atoms with Gasteiger partial charge in [0, 0.05) is 30.3 Å². The largest absolute Gasteiger partial charge is 0.328 e. The van der Waals surface area contributed by atoms with Crippen molar-refractivity contribution in [3.8, 4) is 0 Å². The van der Waals surface area contributed by atoms with Crippen molar-refractivity contribution in [3.63, 3.8) is 0 Å². The quantitative estimate of drug-likeness (QED) is 0.734. The minimum absolute atomic E-state index is 0.212. The van der Waals surface area contributed by atoms with Crippen LogP contribution in [-0.4, -0.2) is 46.7 Å². The number of piperazine rings is 1. The van der Waals surface area contributed by atoms with Gasteiger partial charge >= 0.3 is 11.8 Å². The van der Waals surface area contributed by atoms with Gasteiger partial charge in [0.15, 0.2) is 0 Å². The maximum absolute atomic E-state index is 13.1. The number of nitrogens with zero attached hydrogens (tertiary/aromatic N) is 2. The molecule has 1 atom stereocenters. The number of anilines is 1. The molecule has 0 bridgehead atoms. The van der Waals surface area contributed by atoms with Crippen LogP contribution in [0.25, 0.3) is 0 Å². The van der Waals surface area contributed by atoms with E-state index in [1.807, 2.05) is 0 Å². The van der Waals surface area contributed by atoms with Crippen LogP contribution in [0.5, 0.6) is 0 Å². The highest BCUT2D eigenvalue weighted by Gasteiger charge is 2.38. The summed E-state index contributed by atoms with van der Waals surface area (Å²) in [4.78, 5) is 40.7. The number of benzene rings is 2. The molecule has 0 unspecified atom stereocenters. The lowest BCUT2D eigenvalue weighted by Gasteiger charge is -2.37. The van der Waals surface area contributed by atoms with Gasteiger partial charge in [-0.1, -0.05) is 36.7 Å². The summed E-state index contributed by atoms with van der Waals surface area (Å²) in [5.74, 6) is -2.12. The molecule has 2 aromatic carbocycles. The van der Waals surface area contributed by atoms with Crippen LogP contribution in [-0.2, 0) is 20.9 Å². The highest BCUT2D eigenvalue weighted by Crippen LogP contribution is 2.19. The minimum Gasteiger partial charge on any atom is -0.328 e. The number of hydrogen-bond donors (Lipinski definition) is 1. The Balaban J connectivity index is 1.67. The molecule has 6 nitrogen and oxygen atoms in total. The molecule has 0 spiro atoms. The van der Waals surface area contributed by atoms with Gasteiger partial charge in [-0.3, -0.25) is 14.4 Å². The Kier molecular flexibility index (Phi) is 6.49. The Hall–Kier alpha value is -2.93. The van der Waals surface area contributed by atoms with Crippen LogP contribution in [0.4, 0.5) is 10.1 Å². The van der Waals surface area contributed by atoms with Crippen LogP contribution in [0.15, 0.2) is 48.5 Å². The number of carbonyl (C=O) groups excluding carboxylic acids is 3. The first-order valence-electron chi connectivity index (χ1n) is 9.29. The Morgan fingerprint density at radius 3 is 2.52 bits per heavy atom. The number of halogens is 2. The van der Waals surface area contributed by atoms with Crippen molar-refractivity contribution in [2.24, 2.45) is 0 Å². The number of hydrogen-bond acceptors (Lipinski definition) is 3. The van der Waals surface area contributed by atoms with E-state index in [4.69, 9.17) is 11.6 Å². The van der Waals surface area contributed by atoms with Gasteiger partial charge in [0.1, 0.15) is 11.9 Å². The van der Waals surface area contributed by atoms with Crippen molar-refractivity contribution in [3.05, 3.63) is 64.9 Å². The molecule has 0 radical (unpaired) electrons. The second kappa shape index (κ2) is 9.05. The van der Waals surface area contributed by atoms with Gasteiger partial charge in [0.25, 0.3) is 0 Å². The molecule has 1 heterocycles. The molecule has 1 saturated heterocycles. The van der Waals surface area contributed by atoms with Gasteiger partial charge in [-0.15, -0.1) is 0 Å². The molecule has 1 fully saturated rings. The average Bonchev–Trinajstić information content (AvgIpc) is 2.69. The van der Waals surface area contributed by atoms with E-state index in [2.05, 4.69) is 5.32 Å². The van der Waals surface area contributed by atoms with Crippen molar-refractivity contribution >= 4 is 35.0 Å². The van der Waals surface area contributed by atoms with E-state index in [0.717, 1.165) is 5.56 Å². The summed E-state index contributed by atoms with van der Waals surface area (Å²) in [6.07, 6.45) is 0.364. The zero-order valence-corrected chi connectivity index (χ0v) is 16.7. The van der Waals surface area contributed by atoms with Crippen LogP contribution >= 0.6 is 11.6 Å². The van der Waals surface area contributed by atoms with E-state index < -0.39 is 17.9 Å². The Morgan fingerprint density at radius 2 is 1.86 bits per heavy atom. The maximum Gasteiger partial charge on any atom is 0.312 e. The van der Waals surface area contributed by atoms with Crippen LogP contribution in [0.2, 0.25) is 5.02 Å². The first-order chi connectivity index (χ1) is 13.9. The number of rotatable bonds is 6. The lowest BCUT2D eigenvalue weighted by atomic mass is 10.1. The number of amides is 3. The van der Waals surface area contributed by atoms with Crippen molar-refractivity contribution in [2.75, 3.05) is 18.4 Å². The first kappa shape index (κ1) is 20.8. The standard InChI is InChI=1S/C21H21ClFN3O3/c1-2-18(19(27)24-17-5-3-4-15(22)12-17)26-11-10-25(20(28)21(26)29)13-14-6-8-16(23)9-7-14/h3-9,12,18H,2,10-11,13H2,1H3,(H,24,27)/t18-/m0/s1. The summed E-state index contributed by atoms with van der Waals surface area (Å²) in [5, 5.41) is 3.23. The van der Waals surface area contributed by atoms with Gasteiger partial charge in [-0.25, -0.2) is 4.39 Å². The zero-order valence-electron chi connectivity index (χ0n) is 15.9. The average molecular weight is 418 g/mol. The van der Waals surface area contributed by atoms with Crippen molar-refractivity contribution in [2.45, 2.75) is 25.9 Å². The highest BCUT2D eigenvalue weighted by molar-refractivity contribution is 6.36. The molecule has 3 amide bonds. The first-order valence-corrected chi connectivity index (χ1v) is 9.67. The van der Waals surface area contributed by atoms with Crippen LogP contribution in [0.1, 0.15) is 18.9 Å². The summed E-state index contributed by atoms with van der Waals surface area (Å²) >= 11 is 5.94. The second-order valence-electron chi connectivity index (χ2n) is 6.78. The SMILES string of the molecule is CC[C@@H](C(=O)Nc1cccc(Cl)c1)N1CCN(Cc2ccc(F)cc2)C(=O)C1=O. The summed E-state index contributed by atoms with van der Waals surface area (Å²) in [6, 6.07) is 11.7. The fourth-order valence-electron chi connectivity index (χ4n) is 3.29. The highest BCUT2D eigenvalue weighted by atomic mass is 35.5. The molecular weight excluding hydrogens is 397 g/mol. The molecule has 152 valence electrons. The molecule has 0 saturated carbocycles. The minimum atomic E-state index is -0.765. The third kappa shape index (κ3) is 4.92. The summed E-state index contributed by atoms with van der Waals surface area (Å²) in [6.45, 7) is 2.53. The Bertz CT molecular complexity index is 920. The molecule has 29 heavy (non-hydrogen) atoms. The third-order valence-electron chi connectivity index (χ3n) is 4.79. The molecule has 8 heteroatoms. The third-order valence-corrected chi connectivity index (χ3v) is 5.02. The van der Waals surface area contributed by atoms with E-state index in [1.54, 1.807) is 43.3 Å². The molecule has 3 rings (SSSR count). The molecule has 1 aliphatic rings. The topological polar surface area (TPSA) is 69.7 Å². The molecular formula is C21H21ClFN3O3. The molecule has 0 aliphatic carbocycles. The lowest BCUT2D eigenvalue weighted by molar-refractivity contribution is -0.159. The van der Waals surface area contributed by atoms with E-state index in [9.17, 15) is 18.8 Å². The predicted molar refractivity (Wildman–Crippen MR) is 108 cm³/mol. The van der Waals surface area contributed by atoms with E-state index in [1.165, 1.54) is 21.9 Å². The fourth-order valence-corrected chi connectivity index (χ4v) is 3.48. The number of carbonyl (C=O) groups is 3. The summed E-state index contributed by atoms with van der Waals surface area (Å²) in [7, 11) is 0. The predicted octanol–water partition coefficient (Wildman–Crippen LogP) is 3.07. The second-order valence-corrected chi connectivity index (χ2v) is 7.21. The number of nitrogens with one attached hydrogen (secondary N) is 1. The molecule has 0 aromatic heterocycles. The van der Waals surface area contributed by atoms with Gasteiger partial charge in [-0.05, 0) is 42.3 Å². The van der Waals surface area contributed by atoms with E-state index >= 15 is 0 Å². The van der Waals surface area contributed by atoms with Crippen LogP contribution < -0.4 is 5.32 Å². The Morgan fingerprint density at radius 1 is 1.14 bits per heavy atom. The van der Waals surface area contributed by atoms with E-state index in [0.29, 0.717) is 23.7 Å². The van der Waals surface area contributed by atoms with E-state index in [-0.39, 0.29) is 24.8 Å². The normalized spacial score (nSPS) is 15.4. The molecule has 2 aromatic rings. The van der Waals surface area contributed by atoms with Gasteiger partial charge in [-0.2, -0.15) is 0 Å². The van der Waals surface area contributed by atoms with Gasteiger partial charge in [0.05, 0.1) is 0 Å².